The molecule has 1 aliphatic rings. The third-order valence-electron chi connectivity index (χ3n) is 3.66. The van der Waals surface area contributed by atoms with Crippen molar-refractivity contribution in [2.24, 2.45) is 0 Å². The largest absolute Gasteiger partial charge is 0.399 e. The number of nitrogens with one attached hydrogen (secondary N) is 1. The zero-order valence-electron chi connectivity index (χ0n) is 11.2. The molecule has 0 saturated heterocycles. The number of benzene rings is 1. The average Bonchev–Trinajstić information content (AvgIpc) is 2.95. The lowest BCUT2D eigenvalue weighted by Crippen LogP contribution is -2.35. The van der Waals surface area contributed by atoms with Crippen LogP contribution in [0.15, 0.2) is 29.3 Å². The number of aromatic nitrogens is 5. The number of anilines is 2. The molecule has 0 unspecified atom stereocenters. The maximum atomic E-state index is 12.2. The van der Waals surface area contributed by atoms with E-state index in [1.165, 1.54) is 0 Å². The Kier molecular flexibility index (Phi) is 2.44. The molecule has 1 aromatic carbocycles. The number of hydrogen-bond acceptors (Lipinski definition) is 6. The third kappa shape index (κ3) is 1.92. The van der Waals surface area contributed by atoms with Gasteiger partial charge in [-0.2, -0.15) is 0 Å². The number of nitrogens with two attached hydrogens (primary N) is 1. The van der Waals surface area contributed by atoms with Crippen molar-refractivity contribution in [3.05, 3.63) is 40.7 Å². The predicted octanol–water partition coefficient (Wildman–Crippen LogP) is 0.117. The summed E-state index contributed by atoms with van der Waals surface area (Å²) in [5.41, 5.74) is 6.70. The first-order valence-electron chi connectivity index (χ1n) is 6.62. The summed E-state index contributed by atoms with van der Waals surface area (Å²) >= 11 is 0. The highest BCUT2D eigenvalue weighted by molar-refractivity contribution is 5.81. The maximum Gasteiger partial charge on any atom is 0.260 e. The van der Waals surface area contributed by atoms with Crippen LogP contribution in [0.4, 0.5) is 11.6 Å². The van der Waals surface area contributed by atoms with Crippen molar-refractivity contribution >= 4 is 22.5 Å². The Bertz CT molecular complexity index is 882. The molecule has 3 aromatic rings. The molecule has 4 rings (SSSR count). The summed E-state index contributed by atoms with van der Waals surface area (Å²) in [4.78, 5) is 21.5. The molecule has 3 heterocycles. The lowest BCUT2D eigenvalue weighted by atomic mass is 10.2. The number of fused-ring (bicyclic) bond motifs is 2. The van der Waals surface area contributed by atoms with Crippen LogP contribution in [-0.4, -0.2) is 31.3 Å². The molecule has 2 aromatic heterocycles. The molecule has 3 N–H and O–H groups in total. The highest BCUT2D eigenvalue weighted by Gasteiger charge is 2.20. The molecule has 0 bridgehead atoms. The monoisotopic (exact) mass is 283 g/mol. The van der Waals surface area contributed by atoms with Gasteiger partial charge in [0.15, 0.2) is 5.82 Å². The number of rotatable bonds is 1. The smallest absolute Gasteiger partial charge is 0.260 e. The van der Waals surface area contributed by atoms with Gasteiger partial charge in [-0.1, -0.05) is 0 Å². The van der Waals surface area contributed by atoms with E-state index in [9.17, 15) is 4.79 Å². The molecule has 0 atom stereocenters. The number of aromatic amines is 1. The van der Waals surface area contributed by atoms with Gasteiger partial charge in [-0.25, -0.2) is 4.98 Å². The van der Waals surface area contributed by atoms with Gasteiger partial charge < -0.3 is 15.2 Å². The van der Waals surface area contributed by atoms with E-state index in [-0.39, 0.29) is 5.56 Å². The Morgan fingerprint density at radius 1 is 1.29 bits per heavy atom. The van der Waals surface area contributed by atoms with Crippen molar-refractivity contribution in [2.45, 2.75) is 13.1 Å². The Morgan fingerprint density at radius 2 is 2.19 bits per heavy atom. The minimum atomic E-state index is -0.186. The maximum absolute atomic E-state index is 12.2. The van der Waals surface area contributed by atoms with Gasteiger partial charge in [0.05, 0.1) is 17.4 Å². The normalized spacial score (nSPS) is 14.4. The van der Waals surface area contributed by atoms with E-state index in [1.807, 2.05) is 9.47 Å². The van der Waals surface area contributed by atoms with Crippen LogP contribution in [-0.2, 0) is 13.1 Å². The second kappa shape index (κ2) is 4.30. The number of H-pyrrole nitrogens is 1. The molecule has 0 fully saturated rings. The summed E-state index contributed by atoms with van der Waals surface area (Å²) in [6.07, 6.45) is 1.71. The molecule has 0 saturated carbocycles. The summed E-state index contributed by atoms with van der Waals surface area (Å²) in [5, 5.41) is 8.45. The fourth-order valence-electron chi connectivity index (χ4n) is 2.54. The second-order valence-electron chi connectivity index (χ2n) is 5.03. The van der Waals surface area contributed by atoms with E-state index in [2.05, 4.69) is 20.2 Å². The van der Waals surface area contributed by atoms with E-state index in [1.54, 1.807) is 24.5 Å². The van der Waals surface area contributed by atoms with Gasteiger partial charge >= 0.3 is 0 Å². The SMILES string of the molecule is Nc1ccc2nc(N3CCn4cnnc4C3)[nH]c(=O)c2c1. The van der Waals surface area contributed by atoms with Crippen LogP contribution < -0.4 is 16.2 Å². The van der Waals surface area contributed by atoms with E-state index in [4.69, 9.17) is 5.73 Å². The molecule has 1 aliphatic heterocycles. The predicted molar refractivity (Wildman–Crippen MR) is 77.8 cm³/mol. The average molecular weight is 283 g/mol. The van der Waals surface area contributed by atoms with Gasteiger partial charge in [-0.15, -0.1) is 10.2 Å². The topological polar surface area (TPSA) is 106 Å². The van der Waals surface area contributed by atoms with Crippen LogP contribution in [0.2, 0.25) is 0 Å². The lowest BCUT2D eigenvalue weighted by molar-refractivity contribution is 0.552. The Balaban J connectivity index is 1.78. The van der Waals surface area contributed by atoms with Gasteiger partial charge in [-0.05, 0) is 18.2 Å². The van der Waals surface area contributed by atoms with Crippen LogP contribution in [0.3, 0.4) is 0 Å². The minimum Gasteiger partial charge on any atom is -0.399 e. The number of nitrogens with zero attached hydrogens (tertiary/aromatic N) is 5. The third-order valence-corrected chi connectivity index (χ3v) is 3.66. The molecule has 0 amide bonds. The summed E-state index contributed by atoms with van der Waals surface area (Å²) < 4.78 is 2.00. The molecular formula is C13H13N7O. The fourth-order valence-corrected chi connectivity index (χ4v) is 2.54. The molecule has 0 spiro atoms. The minimum absolute atomic E-state index is 0.186. The Labute approximate surface area is 119 Å². The van der Waals surface area contributed by atoms with Gasteiger partial charge in [0.1, 0.15) is 6.33 Å². The van der Waals surface area contributed by atoms with E-state index >= 15 is 0 Å². The van der Waals surface area contributed by atoms with Crippen molar-refractivity contribution in [3.63, 3.8) is 0 Å². The van der Waals surface area contributed by atoms with Crippen molar-refractivity contribution < 1.29 is 0 Å². The summed E-state index contributed by atoms with van der Waals surface area (Å²) in [5.74, 6) is 1.41. The van der Waals surface area contributed by atoms with Crippen molar-refractivity contribution in [2.75, 3.05) is 17.2 Å². The summed E-state index contributed by atoms with van der Waals surface area (Å²) in [6, 6.07) is 5.14. The van der Waals surface area contributed by atoms with Gasteiger partial charge in [0, 0.05) is 18.8 Å². The standard InChI is InChI=1S/C13H13N7O/c14-8-1-2-10-9(5-8)12(21)17-13(16-10)19-3-4-20-7-15-18-11(20)6-19/h1-2,5,7H,3-4,6,14H2,(H,16,17,21). The van der Waals surface area contributed by atoms with Crippen LogP contribution in [0.1, 0.15) is 5.82 Å². The Hall–Kier alpha value is -2.90. The van der Waals surface area contributed by atoms with Crippen LogP contribution >= 0.6 is 0 Å². The molecular weight excluding hydrogens is 270 g/mol. The fraction of sp³-hybridized carbons (Fsp3) is 0.231. The van der Waals surface area contributed by atoms with Gasteiger partial charge in [0.2, 0.25) is 5.95 Å². The highest BCUT2D eigenvalue weighted by atomic mass is 16.1. The van der Waals surface area contributed by atoms with Gasteiger partial charge in [-0.3, -0.25) is 9.78 Å². The van der Waals surface area contributed by atoms with Crippen LogP contribution in [0.5, 0.6) is 0 Å². The first-order valence-corrected chi connectivity index (χ1v) is 6.62. The molecule has 106 valence electrons. The first kappa shape index (κ1) is 11.9. The molecule has 21 heavy (non-hydrogen) atoms. The zero-order valence-corrected chi connectivity index (χ0v) is 11.2. The summed E-state index contributed by atoms with van der Waals surface area (Å²) in [6.45, 7) is 2.09. The Morgan fingerprint density at radius 3 is 3.10 bits per heavy atom. The number of hydrogen-bond donors (Lipinski definition) is 2. The zero-order chi connectivity index (χ0) is 14.4. The van der Waals surface area contributed by atoms with E-state index < -0.39 is 0 Å². The highest BCUT2D eigenvalue weighted by Crippen LogP contribution is 2.18. The lowest BCUT2D eigenvalue weighted by Gasteiger charge is -2.27. The molecule has 8 nitrogen and oxygen atoms in total. The van der Waals surface area contributed by atoms with Crippen LogP contribution in [0, 0.1) is 0 Å². The second-order valence-corrected chi connectivity index (χ2v) is 5.03. The van der Waals surface area contributed by atoms with E-state index in [0.717, 1.165) is 18.9 Å². The van der Waals surface area contributed by atoms with Crippen molar-refractivity contribution in [3.8, 4) is 0 Å². The van der Waals surface area contributed by atoms with Gasteiger partial charge in [0.25, 0.3) is 5.56 Å². The summed E-state index contributed by atoms with van der Waals surface area (Å²) in [7, 11) is 0. The van der Waals surface area contributed by atoms with E-state index in [0.29, 0.717) is 29.1 Å². The van der Waals surface area contributed by atoms with Crippen molar-refractivity contribution in [1.29, 1.82) is 0 Å². The van der Waals surface area contributed by atoms with Crippen LogP contribution in [0.25, 0.3) is 10.9 Å². The molecule has 0 aliphatic carbocycles. The number of nitrogen functional groups attached to an aromatic ring is 1. The van der Waals surface area contributed by atoms with Crippen molar-refractivity contribution in [1.82, 2.24) is 24.7 Å². The molecule has 0 radical (unpaired) electrons. The molecule has 8 heteroatoms. The first-order chi connectivity index (χ1) is 10.2. The quantitative estimate of drug-likeness (QED) is 0.614.